The standard InChI is InChI=1S/C15H14ClN3O2/c1-2-21-15(12-3-5-13(16)6-4-12)19-18-14(20)11-7-9-17-10-8-11/h3-10H,2H2,1H3,(H,18,20)/b19-15+. The van der Waals surface area contributed by atoms with Crippen molar-refractivity contribution < 1.29 is 9.53 Å². The van der Waals surface area contributed by atoms with Crippen molar-refractivity contribution in [3.05, 3.63) is 64.9 Å². The lowest BCUT2D eigenvalue weighted by atomic mass is 10.2. The van der Waals surface area contributed by atoms with E-state index in [1.165, 1.54) is 0 Å². The van der Waals surface area contributed by atoms with E-state index in [0.29, 0.717) is 23.1 Å². The maximum Gasteiger partial charge on any atom is 0.271 e. The molecule has 0 radical (unpaired) electrons. The summed E-state index contributed by atoms with van der Waals surface area (Å²) in [5.41, 5.74) is 3.67. The third kappa shape index (κ3) is 4.29. The molecule has 0 aliphatic carbocycles. The van der Waals surface area contributed by atoms with Crippen LogP contribution in [0, 0.1) is 0 Å². The lowest BCUT2D eigenvalue weighted by Crippen LogP contribution is -2.21. The van der Waals surface area contributed by atoms with Gasteiger partial charge in [0, 0.05) is 28.5 Å². The number of carbonyl (C=O) groups is 1. The van der Waals surface area contributed by atoms with Crippen LogP contribution in [-0.4, -0.2) is 23.4 Å². The minimum Gasteiger partial charge on any atom is -0.477 e. The second-order valence-electron chi connectivity index (χ2n) is 4.03. The molecule has 1 heterocycles. The lowest BCUT2D eigenvalue weighted by Gasteiger charge is -2.08. The van der Waals surface area contributed by atoms with Crippen molar-refractivity contribution in [1.82, 2.24) is 10.4 Å². The molecule has 0 saturated heterocycles. The molecule has 1 aromatic carbocycles. The fraction of sp³-hybridized carbons (Fsp3) is 0.133. The summed E-state index contributed by atoms with van der Waals surface area (Å²) in [6.07, 6.45) is 3.09. The number of nitrogens with zero attached hydrogens (tertiary/aromatic N) is 2. The molecule has 21 heavy (non-hydrogen) atoms. The molecule has 1 amide bonds. The molecule has 1 aromatic heterocycles. The maximum absolute atomic E-state index is 11.9. The molecule has 0 bridgehead atoms. The largest absolute Gasteiger partial charge is 0.477 e. The summed E-state index contributed by atoms with van der Waals surface area (Å²) in [5.74, 6) is 0.000129. The monoisotopic (exact) mass is 303 g/mol. The van der Waals surface area contributed by atoms with E-state index in [0.717, 1.165) is 5.56 Å². The number of aromatic nitrogens is 1. The summed E-state index contributed by atoms with van der Waals surface area (Å²) in [6.45, 7) is 2.28. The first-order chi connectivity index (χ1) is 10.2. The van der Waals surface area contributed by atoms with Crippen molar-refractivity contribution in [2.45, 2.75) is 6.92 Å². The van der Waals surface area contributed by atoms with Crippen LogP contribution in [0.1, 0.15) is 22.8 Å². The van der Waals surface area contributed by atoms with E-state index in [-0.39, 0.29) is 5.91 Å². The van der Waals surface area contributed by atoms with E-state index in [4.69, 9.17) is 16.3 Å². The molecule has 0 aliphatic rings. The highest BCUT2D eigenvalue weighted by atomic mass is 35.5. The van der Waals surface area contributed by atoms with Gasteiger partial charge in [-0.05, 0) is 43.3 Å². The summed E-state index contributed by atoms with van der Waals surface area (Å²) < 4.78 is 5.43. The number of ether oxygens (including phenoxy) is 1. The number of hydrogen-bond donors (Lipinski definition) is 1. The van der Waals surface area contributed by atoms with Gasteiger partial charge >= 0.3 is 0 Å². The average molecular weight is 304 g/mol. The molecule has 5 nitrogen and oxygen atoms in total. The molecule has 0 aliphatic heterocycles. The predicted molar refractivity (Wildman–Crippen MR) is 81.3 cm³/mol. The molecule has 0 fully saturated rings. The second-order valence-corrected chi connectivity index (χ2v) is 4.47. The first-order valence-corrected chi connectivity index (χ1v) is 6.75. The molecule has 2 rings (SSSR count). The quantitative estimate of drug-likeness (QED) is 0.536. The van der Waals surface area contributed by atoms with Crippen LogP contribution in [0.25, 0.3) is 0 Å². The van der Waals surface area contributed by atoms with Gasteiger partial charge < -0.3 is 4.74 Å². The van der Waals surface area contributed by atoms with Gasteiger partial charge in [-0.3, -0.25) is 9.78 Å². The summed E-state index contributed by atoms with van der Waals surface area (Å²) in [7, 11) is 0. The first-order valence-electron chi connectivity index (χ1n) is 6.37. The number of rotatable bonds is 4. The number of pyridine rings is 1. The number of hydrogen-bond acceptors (Lipinski definition) is 4. The van der Waals surface area contributed by atoms with Gasteiger partial charge in [0.25, 0.3) is 5.91 Å². The summed E-state index contributed by atoms with van der Waals surface area (Å²) in [4.78, 5) is 15.8. The molecule has 0 unspecified atom stereocenters. The van der Waals surface area contributed by atoms with Crippen LogP contribution in [0.4, 0.5) is 0 Å². The van der Waals surface area contributed by atoms with Gasteiger partial charge in [0.15, 0.2) is 0 Å². The van der Waals surface area contributed by atoms with Crippen molar-refractivity contribution in [3.8, 4) is 0 Å². The molecule has 108 valence electrons. The van der Waals surface area contributed by atoms with Gasteiger partial charge in [0.2, 0.25) is 5.90 Å². The number of benzene rings is 1. The van der Waals surface area contributed by atoms with Crippen molar-refractivity contribution in [1.29, 1.82) is 0 Å². The van der Waals surface area contributed by atoms with Gasteiger partial charge in [0.1, 0.15) is 0 Å². The predicted octanol–water partition coefficient (Wildman–Crippen LogP) is 2.86. The Morgan fingerprint density at radius 2 is 1.86 bits per heavy atom. The van der Waals surface area contributed by atoms with Crippen LogP contribution in [0.2, 0.25) is 5.02 Å². The van der Waals surface area contributed by atoms with Crippen LogP contribution < -0.4 is 5.43 Å². The molecule has 0 atom stereocenters. The van der Waals surface area contributed by atoms with Crippen molar-refractivity contribution in [2.75, 3.05) is 6.61 Å². The van der Waals surface area contributed by atoms with E-state index >= 15 is 0 Å². The Labute approximate surface area is 127 Å². The number of halogens is 1. The van der Waals surface area contributed by atoms with Crippen molar-refractivity contribution in [2.24, 2.45) is 5.10 Å². The molecular weight excluding hydrogens is 290 g/mol. The molecule has 0 spiro atoms. The van der Waals surface area contributed by atoms with Crippen LogP contribution in [0.3, 0.4) is 0 Å². The summed E-state index contributed by atoms with van der Waals surface area (Å²) in [6, 6.07) is 10.2. The lowest BCUT2D eigenvalue weighted by molar-refractivity contribution is 0.0953. The van der Waals surface area contributed by atoms with Crippen LogP contribution in [-0.2, 0) is 4.74 Å². The molecular formula is C15H14ClN3O2. The van der Waals surface area contributed by atoms with Crippen LogP contribution >= 0.6 is 11.6 Å². The smallest absolute Gasteiger partial charge is 0.271 e. The Kier molecular flexibility index (Phi) is 5.29. The Morgan fingerprint density at radius 1 is 1.19 bits per heavy atom. The van der Waals surface area contributed by atoms with Crippen LogP contribution in [0.15, 0.2) is 53.9 Å². The van der Waals surface area contributed by atoms with E-state index < -0.39 is 0 Å². The maximum atomic E-state index is 11.9. The topological polar surface area (TPSA) is 63.6 Å². The van der Waals surface area contributed by atoms with E-state index in [1.54, 1.807) is 48.8 Å². The molecule has 0 saturated carbocycles. The Bertz CT molecular complexity index is 627. The highest BCUT2D eigenvalue weighted by Crippen LogP contribution is 2.11. The zero-order valence-electron chi connectivity index (χ0n) is 11.4. The Morgan fingerprint density at radius 3 is 2.48 bits per heavy atom. The SMILES string of the molecule is CCO/C(=N/NC(=O)c1ccncc1)c1ccc(Cl)cc1. The van der Waals surface area contributed by atoms with Gasteiger partial charge in [-0.2, -0.15) is 0 Å². The van der Waals surface area contributed by atoms with Crippen molar-refractivity contribution in [3.63, 3.8) is 0 Å². The van der Waals surface area contributed by atoms with Crippen LogP contribution in [0.5, 0.6) is 0 Å². The van der Waals surface area contributed by atoms with E-state index in [1.807, 2.05) is 6.92 Å². The Hall–Kier alpha value is -2.40. The zero-order chi connectivity index (χ0) is 15.1. The number of amides is 1. The third-order valence-electron chi connectivity index (χ3n) is 2.57. The zero-order valence-corrected chi connectivity index (χ0v) is 12.2. The normalized spacial score (nSPS) is 11.0. The molecule has 6 heteroatoms. The first kappa shape index (κ1) is 15.0. The van der Waals surface area contributed by atoms with Gasteiger partial charge in [0.05, 0.1) is 6.61 Å². The van der Waals surface area contributed by atoms with Gasteiger partial charge in [-0.15, -0.1) is 5.10 Å². The second kappa shape index (κ2) is 7.40. The highest BCUT2D eigenvalue weighted by Gasteiger charge is 2.07. The number of hydrazone groups is 1. The third-order valence-corrected chi connectivity index (χ3v) is 2.83. The summed E-state index contributed by atoms with van der Waals surface area (Å²) in [5, 5.41) is 4.64. The highest BCUT2D eigenvalue weighted by molar-refractivity contribution is 6.30. The molecule has 2 aromatic rings. The average Bonchev–Trinajstić information content (AvgIpc) is 2.53. The Balaban J connectivity index is 2.14. The number of nitrogens with one attached hydrogen (secondary N) is 1. The van der Waals surface area contributed by atoms with Crippen molar-refractivity contribution >= 4 is 23.4 Å². The van der Waals surface area contributed by atoms with Gasteiger partial charge in [-0.1, -0.05) is 11.6 Å². The van der Waals surface area contributed by atoms with Gasteiger partial charge in [-0.25, -0.2) is 5.43 Å². The van der Waals surface area contributed by atoms with E-state index in [9.17, 15) is 4.79 Å². The minimum atomic E-state index is -0.330. The number of carbonyl (C=O) groups excluding carboxylic acids is 1. The summed E-state index contributed by atoms with van der Waals surface area (Å²) >= 11 is 5.84. The fourth-order valence-corrected chi connectivity index (χ4v) is 1.70. The van der Waals surface area contributed by atoms with E-state index in [2.05, 4.69) is 15.5 Å². The molecule has 1 N–H and O–H groups in total. The minimum absolute atomic E-state index is 0.330. The fourth-order valence-electron chi connectivity index (χ4n) is 1.58.